The smallest absolute Gasteiger partial charge is 0.136 e. The molecule has 56 valence electrons. The standard InChI is InChI=1S/C7H4BrN2O/c8-6-1-3-9-7-5(6)2-4-10(7)11/h1-4H/q-1. The van der Waals surface area contributed by atoms with Gasteiger partial charge in [-0.05, 0) is 28.1 Å². The maximum absolute atomic E-state index is 11.0. The first-order valence-corrected chi connectivity index (χ1v) is 3.87. The van der Waals surface area contributed by atoms with Crippen LogP contribution in [0.1, 0.15) is 0 Å². The molecule has 11 heavy (non-hydrogen) atoms. The van der Waals surface area contributed by atoms with Crippen LogP contribution >= 0.6 is 15.9 Å². The molecule has 0 unspecified atom stereocenters. The fourth-order valence-corrected chi connectivity index (χ4v) is 1.41. The molecule has 2 rings (SSSR count). The molecular weight excluding hydrogens is 208 g/mol. The van der Waals surface area contributed by atoms with E-state index in [1.165, 1.54) is 6.20 Å². The minimum atomic E-state index is 0.458. The van der Waals surface area contributed by atoms with Crippen LogP contribution in [0.4, 0.5) is 0 Å². The van der Waals surface area contributed by atoms with E-state index < -0.39 is 0 Å². The van der Waals surface area contributed by atoms with Gasteiger partial charge in [-0.15, -0.1) is 0 Å². The predicted octanol–water partition coefficient (Wildman–Crippen LogP) is 2.14. The van der Waals surface area contributed by atoms with Crippen molar-refractivity contribution in [3.8, 4) is 0 Å². The summed E-state index contributed by atoms with van der Waals surface area (Å²) in [5.41, 5.74) is 0.458. The molecule has 0 aliphatic carbocycles. The van der Waals surface area contributed by atoms with Crippen LogP contribution < -0.4 is 0 Å². The molecule has 2 heterocycles. The highest BCUT2D eigenvalue weighted by molar-refractivity contribution is 9.10. The Bertz CT molecular complexity index is 396. The SMILES string of the molecule is [O-]n1ccc2c(Br)ccnc21. The third-order valence-electron chi connectivity index (χ3n) is 1.50. The van der Waals surface area contributed by atoms with Gasteiger partial charge in [-0.3, -0.25) is 0 Å². The van der Waals surface area contributed by atoms with Crippen molar-refractivity contribution in [2.75, 3.05) is 0 Å². The summed E-state index contributed by atoms with van der Waals surface area (Å²) in [5.74, 6) is 0. The summed E-state index contributed by atoms with van der Waals surface area (Å²) in [6, 6.07) is 3.54. The van der Waals surface area contributed by atoms with Gasteiger partial charge in [0.2, 0.25) is 0 Å². The molecule has 0 saturated heterocycles. The summed E-state index contributed by atoms with van der Waals surface area (Å²) in [7, 11) is 0. The lowest BCUT2D eigenvalue weighted by molar-refractivity contribution is 1.11. The zero-order valence-corrected chi connectivity index (χ0v) is 7.08. The summed E-state index contributed by atoms with van der Waals surface area (Å²) in [5, 5.41) is 11.8. The van der Waals surface area contributed by atoms with Gasteiger partial charge in [-0.25, -0.2) is 4.98 Å². The van der Waals surface area contributed by atoms with E-state index in [4.69, 9.17) is 0 Å². The van der Waals surface area contributed by atoms with Crippen molar-refractivity contribution in [2.24, 2.45) is 0 Å². The van der Waals surface area contributed by atoms with Crippen molar-refractivity contribution in [1.82, 2.24) is 9.71 Å². The molecule has 0 aromatic carbocycles. The van der Waals surface area contributed by atoms with Crippen molar-refractivity contribution in [3.63, 3.8) is 0 Å². The molecule has 0 spiro atoms. The van der Waals surface area contributed by atoms with Gasteiger partial charge in [0, 0.05) is 22.3 Å². The molecule has 0 aliphatic heterocycles. The van der Waals surface area contributed by atoms with E-state index in [2.05, 4.69) is 20.9 Å². The first kappa shape index (κ1) is 6.67. The lowest BCUT2D eigenvalue weighted by Gasteiger charge is -2.05. The lowest BCUT2D eigenvalue weighted by Crippen LogP contribution is -1.84. The summed E-state index contributed by atoms with van der Waals surface area (Å²) in [6.07, 6.45) is 3.04. The summed E-state index contributed by atoms with van der Waals surface area (Å²) < 4.78 is 1.65. The maximum Gasteiger partial charge on any atom is 0.136 e. The first-order valence-electron chi connectivity index (χ1n) is 3.08. The van der Waals surface area contributed by atoms with Crippen molar-refractivity contribution >= 4 is 27.0 Å². The van der Waals surface area contributed by atoms with Gasteiger partial charge in [-0.1, -0.05) is 0 Å². The molecule has 0 saturated carbocycles. The van der Waals surface area contributed by atoms with Crippen LogP contribution in [-0.2, 0) is 0 Å². The monoisotopic (exact) mass is 211 g/mol. The van der Waals surface area contributed by atoms with Gasteiger partial charge in [0.05, 0.1) is 0 Å². The Morgan fingerprint density at radius 2 is 2.27 bits per heavy atom. The number of fused-ring (bicyclic) bond motifs is 1. The number of pyridine rings is 1. The molecule has 0 atom stereocenters. The summed E-state index contributed by atoms with van der Waals surface area (Å²) >= 11 is 3.32. The predicted molar refractivity (Wildman–Crippen MR) is 46.2 cm³/mol. The van der Waals surface area contributed by atoms with Crippen LogP contribution in [-0.4, -0.2) is 9.71 Å². The quantitative estimate of drug-likeness (QED) is 0.671. The molecule has 0 fully saturated rings. The average Bonchev–Trinajstić information content (AvgIpc) is 2.35. The zero-order valence-electron chi connectivity index (χ0n) is 5.49. The van der Waals surface area contributed by atoms with E-state index in [1.807, 2.05) is 6.07 Å². The Morgan fingerprint density at radius 3 is 3.00 bits per heavy atom. The lowest BCUT2D eigenvalue weighted by atomic mass is 10.3. The second kappa shape index (κ2) is 2.23. The maximum atomic E-state index is 11.0. The number of hydrogen-bond acceptors (Lipinski definition) is 2. The Hall–Kier alpha value is -1.03. The van der Waals surface area contributed by atoms with E-state index in [-0.39, 0.29) is 0 Å². The molecule has 0 amide bonds. The van der Waals surface area contributed by atoms with Gasteiger partial charge < -0.3 is 9.94 Å². The van der Waals surface area contributed by atoms with Crippen LogP contribution in [0.2, 0.25) is 0 Å². The average molecular weight is 212 g/mol. The molecule has 0 N–H and O–H groups in total. The second-order valence-electron chi connectivity index (χ2n) is 2.17. The van der Waals surface area contributed by atoms with E-state index in [0.717, 1.165) is 14.6 Å². The van der Waals surface area contributed by atoms with Crippen molar-refractivity contribution in [3.05, 3.63) is 34.2 Å². The molecular formula is C7H4BrN2O-. The Balaban J connectivity index is 2.94. The van der Waals surface area contributed by atoms with Crippen LogP contribution in [0.15, 0.2) is 29.0 Å². The molecule has 3 nitrogen and oxygen atoms in total. The first-order chi connectivity index (χ1) is 5.29. The fourth-order valence-electron chi connectivity index (χ4n) is 0.982. The van der Waals surface area contributed by atoms with Gasteiger partial charge >= 0.3 is 0 Å². The van der Waals surface area contributed by atoms with Gasteiger partial charge in [-0.2, -0.15) is 0 Å². The fraction of sp³-hybridized carbons (Fsp3) is 0. The molecule has 2 aromatic rings. The molecule has 4 heteroatoms. The highest BCUT2D eigenvalue weighted by Crippen LogP contribution is 2.21. The second-order valence-corrected chi connectivity index (χ2v) is 3.03. The molecule has 0 radical (unpaired) electrons. The molecule has 0 bridgehead atoms. The third kappa shape index (κ3) is 0.903. The van der Waals surface area contributed by atoms with E-state index in [1.54, 1.807) is 12.3 Å². The Kier molecular flexibility index (Phi) is 1.35. The van der Waals surface area contributed by atoms with Crippen LogP contribution in [0.5, 0.6) is 0 Å². The van der Waals surface area contributed by atoms with Crippen molar-refractivity contribution in [1.29, 1.82) is 0 Å². The van der Waals surface area contributed by atoms with Crippen molar-refractivity contribution in [2.45, 2.75) is 0 Å². The van der Waals surface area contributed by atoms with Gasteiger partial charge in [0.1, 0.15) is 5.65 Å². The number of rotatable bonds is 0. The van der Waals surface area contributed by atoms with E-state index in [0.29, 0.717) is 5.65 Å². The molecule has 2 aromatic heterocycles. The minimum Gasteiger partial charge on any atom is -0.805 e. The zero-order chi connectivity index (χ0) is 7.84. The van der Waals surface area contributed by atoms with Gasteiger partial charge in [0.25, 0.3) is 0 Å². The highest BCUT2D eigenvalue weighted by atomic mass is 79.9. The Morgan fingerprint density at radius 1 is 1.45 bits per heavy atom. The third-order valence-corrected chi connectivity index (χ3v) is 2.19. The topological polar surface area (TPSA) is 40.9 Å². The largest absolute Gasteiger partial charge is 0.805 e. The van der Waals surface area contributed by atoms with Crippen LogP contribution in [0.3, 0.4) is 0 Å². The number of hydrogen-bond donors (Lipinski definition) is 0. The normalized spacial score (nSPS) is 10.6. The number of halogens is 1. The van der Waals surface area contributed by atoms with Crippen LogP contribution in [0, 0.1) is 5.21 Å². The Labute approximate surface area is 71.4 Å². The van der Waals surface area contributed by atoms with E-state index >= 15 is 0 Å². The number of nitrogens with zero attached hydrogens (tertiary/aromatic N) is 2. The van der Waals surface area contributed by atoms with E-state index in [9.17, 15) is 5.21 Å². The highest BCUT2D eigenvalue weighted by Gasteiger charge is 1.98. The summed E-state index contributed by atoms with van der Waals surface area (Å²) in [4.78, 5) is 3.92. The molecule has 0 aliphatic rings. The minimum absolute atomic E-state index is 0.458. The summed E-state index contributed by atoms with van der Waals surface area (Å²) in [6.45, 7) is 0. The van der Waals surface area contributed by atoms with Crippen molar-refractivity contribution < 1.29 is 0 Å². The van der Waals surface area contributed by atoms with Gasteiger partial charge in [0.15, 0.2) is 0 Å². The van der Waals surface area contributed by atoms with Crippen LogP contribution in [0.25, 0.3) is 11.0 Å². The number of aromatic nitrogens is 2.